The second-order valence-corrected chi connectivity index (χ2v) is 3.48. The Labute approximate surface area is 95.6 Å². The summed E-state index contributed by atoms with van der Waals surface area (Å²) in [5, 5.41) is 0. The van der Waals surface area contributed by atoms with Crippen LogP contribution >= 0.6 is 0 Å². The zero-order valence-corrected chi connectivity index (χ0v) is 9.80. The summed E-state index contributed by atoms with van der Waals surface area (Å²) in [6.07, 6.45) is 1.71. The number of hydrogen-bond acceptors (Lipinski definition) is 3. The summed E-state index contributed by atoms with van der Waals surface area (Å²) >= 11 is 0. The predicted molar refractivity (Wildman–Crippen MR) is 64.2 cm³/mol. The number of nitrogens with zero attached hydrogens (tertiary/aromatic N) is 2. The van der Waals surface area contributed by atoms with Gasteiger partial charge in [-0.2, -0.15) is 0 Å². The smallest absolute Gasteiger partial charge is 0.338 e. The fourth-order valence-corrected chi connectivity index (χ4v) is 1.08. The van der Waals surface area contributed by atoms with Gasteiger partial charge in [0, 0.05) is 14.1 Å². The summed E-state index contributed by atoms with van der Waals surface area (Å²) in [5.74, 6) is -0.300. The van der Waals surface area contributed by atoms with Crippen molar-refractivity contribution in [3.8, 4) is 0 Å². The van der Waals surface area contributed by atoms with Gasteiger partial charge in [-0.1, -0.05) is 0 Å². The van der Waals surface area contributed by atoms with Gasteiger partial charge in [0.05, 0.1) is 24.2 Å². The molecule has 4 heteroatoms. The van der Waals surface area contributed by atoms with Crippen LogP contribution in [0.15, 0.2) is 29.3 Å². The van der Waals surface area contributed by atoms with Crippen LogP contribution in [0.2, 0.25) is 0 Å². The molecule has 0 aromatic heterocycles. The Hall–Kier alpha value is -1.84. The Kier molecular flexibility index (Phi) is 4.51. The zero-order chi connectivity index (χ0) is 12.0. The van der Waals surface area contributed by atoms with Crippen LogP contribution in [0.4, 0.5) is 5.69 Å². The van der Waals surface area contributed by atoms with E-state index in [1.165, 1.54) is 0 Å². The fraction of sp³-hybridized carbons (Fsp3) is 0.333. The van der Waals surface area contributed by atoms with Crippen LogP contribution in [-0.2, 0) is 4.74 Å². The number of carbonyl (C=O) groups excluding carboxylic acids is 1. The molecule has 0 amide bonds. The van der Waals surface area contributed by atoms with Crippen molar-refractivity contribution in [3.05, 3.63) is 29.8 Å². The third-order valence-corrected chi connectivity index (χ3v) is 1.82. The van der Waals surface area contributed by atoms with Crippen molar-refractivity contribution < 1.29 is 9.53 Å². The van der Waals surface area contributed by atoms with Crippen molar-refractivity contribution >= 4 is 18.0 Å². The number of hydrogen-bond donors (Lipinski definition) is 0. The lowest BCUT2D eigenvalue weighted by Gasteiger charge is -2.03. The first-order valence-corrected chi connectivity index (χ1v) is 5.11. The minimum Gasteiger partial charge on any atom is -0.462 e. The summed E-state index contributed by atoms with van der Waals surface area (Å²) in [4.78, 5) is 17.4. The molecule has 0 radical (unpaired) electrons. The van der Waals surface area contributed by atoms with Gasteiger partial charge in [-0.15, -0.1) is 0 Å². The van der Waals surface area contributed by atoms with E-state index in [9.17, 15) is 4.79 Å². The second kappa shape index (κ2) is 5.90. The SMILES string of the molecule is CCOC(=O)c1ccc(N=CN(C)C)cc1. The highest BCUT2D eigenvalue weighted by Crippen LogP contribution is 2.13. The third-order valence-electron chi connectivity index (χ3n) is 1.82. The van der Waals surface area contributed by atoms with Crippen molar-refractivity contribution in [3.63, 3.8) is 0 Å². The fourth-order valence-electron chi connectivity index (χ4n) is 1.08. The summed E-state index contributed by atoms with van der Waals surface area (Å²) in [6, 6.07) is 6.99. The lowest BCUT2D eigenvalue weighted by Crippen LogP contribution is -2.07. The van der Waals surface area contributed by atoms with Gasteiger partial charge < -0.3 is 9.64 Å². The Morgan fingerprint density at radius 1 is 1.38 bits per heavy atom. The van der Waals surface area contributed by atoms with Crippen LogP contribution in [0.3, 0.4) is 0 Å². The van der Waals surface area contributed by atoms with Gasteiger partial charge in [-0.05, 0) is 31.2 Å². The van der Waals surface area contributed by atoms with Crippen LogP contribution in [0, 0.1) is 0 Å². The van der Waals surface area contributed by atoms with Crippen LogP contribution < -0.4 is 0 Å². The number of esters is 1. The largest absolute Gasteiger partial charge is 0.462 e. The number of rotatable bonds is 4. The highest BCUT2D eigenvalue weighted by atomic mass is 16.5. The molecule has 0 fully saturated rings. The first kappa shape index (κ1) is 12.2. The lowest BCUT2D eigenvalue weighted by atomic mass is 10.2. The highest BCUT2D eigenvalue weighted by molar-refractivity contribution is 5.89. The van der Waals surface area contributed by atoms with Gasteiger partial charge in [-0.3, -0.25) is 0 Å². The molecule has 0 aliphatic carbocycles. The highest BCUT2D eigenvalue weighted by Gasteiger charge is 2.04. The minimum atomic E-state index is -0.300. The van der Waals surface area contributed by atoms with Crippen LogP contribution in [0.1, 0.15) is 17.3 Å². The molecule has 0 N–H and O–H groups in total. The topological polar surface area (TPSA) is 41.9 Å². The maximum atomic E-state index is 11.4. The van der Waals surface area contributed by atoms with Crippen molar-refractivity contribution in [2.45, 2.75) is 6.92 Å². The summed E-state index contributed by atoms with van der Waals surface area (Å²) in [7, 11) is 3.80. The molecular weight excluding hydrogens is 204 g/mol. The Bertz CT molecular complexity index is 369. The molecule has 1 aromatic rings. The molecule has 0 bridgehead atoms. The Morgan fingerprint density at radius 2 is 2.00 bits per heavy atom. The predicted octanol–water partition coefficient (Wildman–Crippen LogP) is 2.08. The molecule has 0 aliphatic heterocycles. The van der Waals surface area contributed by atoms with Gasteiger partial charge in [0.2, 0.25) is 0 Å². The van der Waals surface area contributed by atoms with Gasteiger partial charge >= 0.3 is 5.97 Å². The molecule has 1 aromatic carbocycles. The summed E-state index contributed by atoms with van der Waals surface area (Å²) in [6.45, 7) is 2.17. The average Bonchev–Trinajstić information content (AvgIpc) is 2.27. The van der Waals surface area contributed by atoms with E-state index in [0.29, 0.717) is 12.2 Å². The first-order valence-electron chi connectivity index (χ1n) is 5.11. The first-order chi connectivity index (χ1) is 7.63. The standard InChI is InChI=1S/C12H16N2O2/c1-4-16-12(15)10-5-7-11(8-6-10)13-9-14(2)3/h5-9H,4H2,1-3H3. The second-order valence-electron chi connectivity index (χ2n) is 3.48. The zero-order valence-electron chi connectivity index (χ0n) is 9.80. The number of aliphatic imine (C=N–C) groups is 1. The Morgan fingerprint density at radius 3 is 2.50 bits per heavy atom. The van der Waals surface area contributed by atoms with Crippen molar-refractivity contribution in [2.24, 2.45) is 4.99 Å². The maximum absolute atomic E-state index is 11.4. The molecule has 0 atom stereocenters. The van der Waals surface area contributed by atoms with E-state index in [4.69, 9.17) is 4.74 Å². The van der Waals surface area contributed by atoms with Crippen LogP contribution in [0.5, 0.6) is 0 Å². The normalized spacial score (nSPS) is 10.4. The molecule has 0 saturated heterocycles. The monoisotopic (exact) mass is 220 g/mol. The quantitative estimate of drug-likeness (QED) is 0.443. The van der Waals surface area contributed by atoms with Gasteiger partial charge in [0.1, 0.15) is 0 Å². The molecule has 86 valence electrons. The van der Waals surface area contributed by atoms with E-state index < -0.39 is 0 Å². The van der Waals surface area contributed by atoms with E-state index in [0.717, 1.165) is 5.69 Å². The van der Waals surface area contributed by atoms with E-state index >= 15 is 0 Å². The number of benzene rings is 1. The van der Waals surface area contributed by atoms with Gasteiger partial charge in [0.15, 0.2) is 0 Å². The van der Waals surface area contributed by atoms with Crippen LogP contribution in [-0.4, -0.2) is 37.9 Å². The van der Waals surface area contributed by atoms with Crippen molar-refractivity contribution in [1.82, 2.24) is 4.90 Å². The molecular formula is C12H16N2O2. The minimum absolute atomic E-state index is 0.300. The van der Waals surface area contributed by atoms with E-state index in [2.05, 4.69) is 4.99 Å². The third kappa shape index (κ3) is 3.73. The van der Waals surface area contributed by atoms with Crippen LogP contribution in [0.25, 0.3) is 0 Å². The molecule has 0 heterocycles. The molecule has 0 aliphatic rings. The summed E-state index contributed by atoms with van der Waals surface area (Å²) < 4.78 is 4.88. The number of ether oxygens (including phenoxy) is 1. The van der Waals surface area contributed by atoms with Crippen molar-refractivity contribution in [1.29, 1.82) is 0 Å². The van der Waals surface area contributed by atoms with E-state index in [-0.39, 0.29) is 5.97 Å². The molecule has 0 unspecified atom stereocenters. The van der Waals surface area contributed by atoms with E-state index in [1.54, 1.807) is 37.5 Å². The maximum Gasteiger partial charge on any atom is 0.338 e. The summed E-state index contributed by atoms with van der Waals surface area (Å²) in [5.41, 5.74) is 1.35. The molecule has 1 rings (SSSR count). The van der Waals surface area contributed by atoms with Gasteiger partial charge in [0.25, 0.3) is 0 Å². The molecule has 16 heavy (non-hydrogen) atoms. The van der Waals surface area contributed by atoms with E-state index in [1.807, 2.05) is 19.0 Å². The van der Waals surface area contributed by atoms with Gasteiger partial charge in [-0.25, -0.2) is 9.79 Å². The molecule has 0 spiro atoms. The van der Waals surface area contributed by atoms with Crippen molar-refractivity contribution in [2.75, 3.05) is 20.7 Å². The number of carbonyl (C=O) groups is 1. The molecule has 0 saturated carbocycles. The molecule has 4 nitrogen and oxygen atoms in total. The Balaban J connectivity index is 2.71. The average molecular weight is 220 g/mol. The lowest BCUT2D eigenvalue weighted by molar-refractivity contribution is 0.0526.